The van der Waals surface area contributed by atoms with E-state index in [1.165, 1.54) is 96.3 Å². The van der Waals surface area contributed by atoms with Crippen LogP contribution in [-0.4, -0.2) is 140 Å². The summed E-state index contributed by atoms with van der Waals surface area (Å²) in [5.74, 6) is -0.218. The van der Waals surface area contributed by atoms with Gasteiger partial charge < -0.3 is 65.1 Å². The van der Waals surface area contributed by atoms with Gasteiger partial charge >= 0.3 is 0 Å². The molecule has 0 aromatic heterocycles. The average Bonchev–Trinajstić information content (AvgIpc) is 3.23. The standard InChI is InChI=1S/C45H85NO13/c1-3-5-7-9-10-11-12-13-14-15-16-17-18-19-20-21-22-23-24-25-27-29-37(50)46-33(34(49)28-26-8-6-4-2)32-56-44-42(55)40(53)43(36(31-48)58-44)59-45-41(54)39(52)38(51)35(30-47)57-45/h15-16,33-36,38-45,47-49,51-55H,3-14,17-32H2,1-2H3,(H,46,50)/b16-15-. The molecule has 0 spiro atoms. The van der Waals surface area contributed by atoms with Gasteiger partial charge in [-0.25, -0.2) is 0 Å². The second kappa shape index (κ2) is 33.3. The molecule has 2 aliphatic rings. The van der Waals surface area contributed by atoms with Crippen LogP contribution in [0.3, 0.4) is 0 Å². The molecule has 2 fully saturated rings. The Kier molecular flexibility index (Phi) is 30.4. The van der Waals surface area contributed by atoms with Gasteiger partial charge in [-0.3, -0.25) is 4.79 Å². The maximum Gasteiger partial charge on any atom is 0.220 e. The highest BCUT2D eigenvalue weighted by atomic mass is 16.7. The van der Waals surface area contributed by atoms with Gasteiger partial charge in [0.25, 0.3) is 0 Å². The van der Waals surface area contributed by atoms with Crippen molar-refractivity contribution in [2.24, 2.45) is 0 Å². The monoisotopic (exact) mass is 848 g/mol. The maximum absolute atomic E-state index is 13.0. The lowest BCUT2D eigenvalue weighted by molar-refractivity contribution is -0.359. The molecule has 9 N–H and O–H groups in total. The van der Waals surface area contributed by atoms with Gasteiger partial charge in [-0.15, -0.1) is 0 Å². The van der Waals surface area contributed by atoms with Crippen LogP contribution in [-0.2, 0) is 23.7 Å². The van der Waals surface area contributed by atoms with Crippen LogP contribution in [0.1, 0.15) is 174 Å². The third-order valence-corrected chi connectivity index (χ3v) is 11.7. The first-order chi connectivity index (χ1) is 28.6. The summed E-state index contributed by atoms with van der Waals surface area (Å²) in [6.07, 6.45) is 15.9. The number of allylic oxidation sites excluding steroid dienone is 2. The summed E-state index contributed by atoms with van der Waals surface area (Å²) in [6.45, 7) is 2.70. The van der Waals surface area contributed by atoms with E-state index < -0.39 is 86.8 Å². The zero-order chi connectivity index (χ0) is 43.3. The number of hydrogen-bond acceptors (Lipinski definition) is 13. The van der Waals surface area contributed by atoms with E-state index in [-0.39, 0.29) is 12.5 Å². The van der Waals surface area contributed by atoms with Crippen LogP contribution < -0.4 is 5.32 Å². The van der Waals surface area contributed by atoms with Crippen molar-refractivity contribution >= 4 is 5.91 Å². The van der Waals surface area contributed by atoms with E-state index in [4.69, 9.17) is 18.9 Å². The van der Waals surface area contributed by atoms with Crippen molar-refractivity contribution < 1.29 is 64.6 Å². The molecule has 348 valence electrons. The molecule has 2 heterocycles. The fourth-order valence-corrected chi connectivity index (χ4v) is 7.82. The molecule has 14 nitrogen and oxygen atoms in total. The van der Waals surface area contributed by atoms with Crippen LogP contribution in [0.4, 0.5) is 0 Å². The summed E-state index contributed by atoms with van der Waals surface area (Å²) in [6, 6.07) is -0.821. The Morgan fingerprint density at radius 3 is 1.61 bits per heavy atom. The highest BCUT2D eigenvalue weighted by Gasteiger charge is 2.51. The van der Waals surface area contributed by atoms with E-state index in [1.807, 2.05) is 0 Å². The number of carbonyl (C=O) groups is 1. The number of ether oxygens (including phenoxy) is 4. The Balaban J connectivity index is 1.70. The van der Waals surface area contributed by atoms with Crippen LogP contribution in [0.15, 0.2) is 12.2 Å². The molecule has 14 heteroatoms. The molecule has 12 unspecified atom stereocenters. The SMILES string of the molecule is CCCCCCCCCC/C=C\CCCCCCCCCCCC(=O)NC(COC1OC(CO)C(OC2OC(CO)C(O)C(O)C2O)C(O)C1O)C(O)CCCCCC. The van der Waals surface area contributed by atoms with E-state index in [9.17, 15) is 45.6 Å². The highest BCUT2D eigenvalue weighted by molar-refractivity contribution is 5.76. The summed E-state index contributed by atoms with van der Waals surface area (Å²) >= 11 is 0. The van der Waals surface area contributed by atoms with Crippen molar-refractivity contribution in [1.82, 2.24) is 5.32 Å². The second-order valence-electron chi connectivity index (χ2n) is 16.9. The van der Waals surface area contributed by atoms with Crippen LogP contribution in [0, 0.1) is 0 Å². The van der Waals surface area contributed by atoms with Crippen molar-refractivity contribution in [3.05, 3.63) is 12.2 Å². The molecule has 59 heavy (non-hydrogen) atoms. The number of aliphatic hydroxyl groups excluding tert-OH is 8. The molecule has 0 aromatic rings. The summed E-state index contributed by atoms with van der Waals surface area (Å²) < 4.78 is 22.5. The normalized spacial score (nSPS) is 28.6. The van der Waals surface area contributed by atoms with Crippen molar-refractivity contribution in [1.29, 1.82) is 0 Å². The molecule has 2 aliphatic heterocycles. The largest absolute Gasteiger partial charge is 0.394 e. The number of hydrogen-bond donors (Lipinski definition) is 9. The molecular formula is C45H85NO13. The van der Waals surface area contributed by atoms with Gasteiger partial charge in [-0.05, 0) is 38.5 Å². The predicted octanol–water partition coefficient (Wildman–Crippen LogP) is 4.82. The van der Waals surface area contributed by atoms with Crippen molar-refractivity contribution in [3.8, 4) is 0 Å². The minimum absolute atomic E-state index is 0.218. The van der Waals surface area contributed by atoms with E-state index in [0.717, 1.165) is 51.4 Å². The van der Waals surface area contributed by atoms with Crippen LogP contribution in [0.25, 0.3) is 0 Å². The molecule has 0 aromatic carbocycles. The summed E-state index contributed by atoms with van der Waals surface area (Å²) in [7, 11) is 0. The van der Waals surface area contributed by atoms with E-state index in [1.54, 1.807) is 0 Å². The number of nitrogens with one attached hydrogen (secondary N) is 1. The average molecular weight is 848 g/mol. The van der Waals surface area contributed by atoms with Gasteiger partial charge in [0.05, 0.1) is 32.0 Å². The lowest BCUT2D eigenvalue weighted by Gasteiger charge is -2.46. The lowest BCUT2D eigenvalue weighted by atomic mass is 9.97. The third kappa shape index (κ3) is 21.6. The van der Waals surface area contributed by atoms with Crippen LogP contribution in [0.2, 0.25) is 0 Å². The summed E-state index contributed by atoms with van der Waals surface area (Å²) in [4.78, 5) is 13.0. The number of amides is 1. The Labute approximate surface area is 355 Å². The van der Waals surface area contributed by atoms with Gasteiger partial charge in [0.2, 0.25) is 5.91 Å². The molecule has 12 atom stereocenters. The minimum atomic E-state index is -1.78. The van der Waals surface area contributed by atoms with Gasteiger partial charge in [0, 0.05) is 6.42 Å². The number of carbonyl (C=O) groups excluding carboxylic acids is 1. The lowest BCUT2D eigenvalue weighted by Crippen LogP contribution is -2.65. The first-order valence-electron chi connectivity index (χ1n) is 23.4. The minimum Gasteiger partial charge on any atom is -0.394 e. The molecule has 0 bridgehead atoms. The molecular weight excluding hydrogens is 762 g/mol. The molecule has 0 radical (unpaired) electrons. The number of aliphatic hydroxyl groups is 8. The van der Waals surface area contributed by atoms with Gasteiger partial charge in [0.15, 0.2) is 12.6 Å². The van der Waals surface area contributed by atoms with Crippen LogP contribution in [0.5, 0.6) is 0 Å². The van der Waals surface area contributed by atoms with Crippen molar-refractivity contribution in [3.63, 3.8) is 0 Å². The van der Waals surface area contributed by atoms with Crippen molar-refractivity contribution in [2.75, 3.05) is 19.8 Å². The molecule has 1 amide bonds. The van der Waals surface area contributed by atoms with E-state index in [2.05, 4.69) is 31.3 Å². The fraction of sp³-hybridized carbons (Fsp3) is 0.933. The van der Waals surface area contributed by atoms with Crippen LogP contribution >= 0.6 is 0 Å². The third-order valence-electron chi connectivity index (χ3n) is 11.7. The zero-order valence-electron chi connectivity index (χ0n) is 36.5. The Morgan fingerprint density at radius 1 is 0.593 bits per heavy atom. The van der Waals surface area contributed by atoms with E-state index in [0.29, 0.717) is 12.8 Å². The molecule has 2 rings (SSSR count). The highest BCUT2D eigenvalue weighted by Crippen LogP contribution is 2.30. The maximum atomic E-state index is 13.0. The van der Waals surface area contributed by atoms with Gasteiger partial charge in [-0.1, -0.05) is 142 Å². The molecule has 2 saturated heterocycles. The van der Waals surface area contributed by atoms with Gasteiger partial charge in [0.1, 0.15) is 48.8 Å². The molecule has 0 aliphatic carbocycles. The quantitative estimate of drug-likeness (QED) is 0.0308. The first-order valence-corrected chi connectivity index (χ1v) is 23.4. The number of unbranched alkanes of at least 4 members (excludes halogenated alkanes) is 20. The molecule has 0 saturated carbocycles. The fourth-order valence-electron chi connectivity index (χ4n) is 7.82. The topological polar surface area (TPSA) is 228 Å². The van der Waals surface area contributed by atoms with E-state index >= 15 is 0 Å². The van der Waals surface area contributed by atoms with Crippen molar-refractivity contribution in [2.45, 2.75) is 248 Å². The Morgan fingerprint density at radius 2 is 1.07 bits per heavy atom. The summed E-state index contributed by atoms with van der Waals surface area (Å²) in [5.41, 5.74) is 0. The predicted molar refractivity (Wildman–Crippen MR) is 226 cm³/mol. The second-order valence-corrected chi connectivity index (χ2v) is 16.9. The smallest absolute Gasteiger partial charge is 0.220 e. The first kappa shape index (κ1) is 53.9. The number of rotatable bonds is 35. The summed E-state index contributed by atoms with van der Waals surface area (Å²) in [5, 5.41) is 86.0. The van der Waals surface area contributed by atoms with Gasteiger partial charge in [-0.2, -0.15) is 0 Å². The Bertz CT molecular complexity index is 1050. The Hall–Kier alpha value is -1.27. The zero-order valence-corrected chi connectivity index (χ0v) is 36.5.